The van der Waals surface area contributed by atoms with Gasteiger partial charge in [0.15, 0.2) is 0 Å². The minimum atomic E-state index is -0.177. The zero-order valence-electron chi connectivity index (χ0n) is 12.4. The number of rotatable bonds is 3. The van der Waals surface area contributed by atoms with Crippen LogP contribution in [0.15, 0.2) is 24.3 Å². The standard InChI is InChI=1S/C15H18N4O2S/c1-2-21-11-3-5-12-13(6-4-11)17-14(16-12)18-7-9-19(10-8-18)15(20)22/h3-6H,2,7-10H2,1H3,(H,20,22). The smallest absolute Gasteiger partial charge is 0.278 e. The molecule has 0 radical (unpaired) electrons. The highest BCUT2D eigenvalue weighted by atomic mass is 32.1. The van der Waals surface area contributed by atoms with Gasteiger partial charge in [-0.3, -0.25) is 4.79 Å². The molecule has 6 nitrogen and oxygen atoms in total. The van der Waals surface area contributed by atoms with Gasteiger partial charge in [0, 0.05) is 26.2 Å². The summed E-state index contributed by atoms with van der Waals surface area (Å²) in [7, 11) is 0. The van der Waals surface area contributed by atoms with E-state index in [9.17, 15) is 4.79 Å². The Morgan fingerprint density at radius 3 is 2.23 bits per heavy atom. The van der Waals surface area contributed by atoms with E-state index in [2.05, 4.69) is 27.5 Å². The number of thiol groups is 1. The monoisotopic (exact) mass is 318 g/mol. The van der Waals surface area contributed by atoms with E-state index >= 15 is 0 Å². The van der Waals surface area contributed by atoms with Crippen molar-refractivity contribution >= 4 is 23.8 Å². The van der Waals surface area contributed by atoms with E-state index in [4.69, 9.17) is 4.74 Å². The van der Waals surface area contributed by atoms with Gasteiger partial charge in [-0.05, 0) is 31.2 Å². The van der Waals surface area contributed by atoms with Crippen molar-refractivity contribution in [2.45, 2.75) is 6.92 Å². The molecule has 0 saturated carbocycles. The summed E-state index contributed by atoms with van der Waals surface area (Å²) in [5.41, 5.74) is 1.68. The molecule has 1 fully saturated rings. The summed E-state index contributed by atoms with van der Waals surface area (Å²) in [4.78, 5) is 24.2. The number of aromatic nitrogens is 2. The van der Waals surface area contributed by atoms with Crippen molar-refractivity contribution in [3.8, 4) is 17.1 Å². The van der Waals surface area contributed by atoms with Gasteiger partial charge in [-0.2, -0.15) is 0 Å². The molecule has 2 heterocycles. The van der Waals surface area contributed by atoms with Gasteiger partial charge in [-0.15, -0.1) is 0 Å². The average Bonchev–Trinajstić information content (AvgIpc) is 2.84. The number of piperazine rings is 1. The second-order valence-corrected chi connectivity index (χ2v) is 5.44. The van der Waals surface area contributed by atoms with Crippen molar-refractivity contribution in [3.63, 3.8) is 0 Å². The number of carbonyl (C=O) groups is 1. The first kappa shape index (κ1) is 14.9. The Kier molecular flexibility index (Phi) is 4.33. The van der Waals surface area contributed by atoms with Crippen molar-refractivity contribution in [3.05, 3.63) is 24.3 Å². The van der Waals surface area contributed by atoms with Crippen LogP contribution in [0.4, 0.5) is 10.7 Å². The van der Waals surface area contributed by atoms with Gasteiger partial charge >= 0.3 is 0 Å². The third-order valence-electron chi connectivity index (χ3n) is 3.66. The number of hydrogen-bond acceptors (Lipinski definition) is 5. The highest BCUT2D eigenvalue weighted by Gasteiger charge is 2.22. The van der Waals surface area contributed by atoms with E-state index in [1.165, 1.54) is 0 Å². The molecule has 0 aromatic heterocycles. The van der Waals surface area contributed by atoms with Crippen LogP contribution >= 0.6 is 12.6 Å². The van der Waals surface area contributed by atoms with Crippen molar-refractivity contribution in [2.24, 2.45) is 0 Å². The third-order valence-corrected chi connectivity index (χ3v) is 3.94. The number of ether oxygens (including phenoxy) is 1. The van der Waals surface area contributed by atoms with Crippen LogP contribution in [0.5, 0.6) is 5.75 Å². The van der Waals surface area contributed by atoms with Gasteiger partial charge in [0.25, 0.3) is 5.24 Å². The summed E-state index contributed by atoms with van der Waals surface area (Å²) in [6.45, 7) is 5.33. The first-order chi connectivity index (χ1) is 10.7. The average molecular weight is 318 g/mol. The molecule has 0 aromatic carbocycles. The molecule has 0 unspecified atom stereocenters. The zero-order valence-corrected chi connectivity index (χ0v) is 13.3. The number of hydrogen-bond donors (Lipinski definition) is 1. The molecule has 22 heavy (non-hydrogen) atoms. The van der Waals surface area contributed by atoms with Crippen LogP contribution in [0.3, 0.4) is 0 Å². The van der Waals surface area contributed by atoms with Gasteiger partial charge in [0.05, 0.1) is 18.0 Å². The van der Waals surface area contributed by atoms with Gasteiger partial charge in [0.2, 0.25) is 5.95 Å². The molecule has 0 N–H and O–H groups in total. The molecule has 116 valence electrons. The van der Waals surface area contributed by atoms with Crippen LogP contribution in [0.25, 0.3) is 11.4 Å². The number of nitrogens with zero attached hydrogens (tertiary/aromatic N) is 4. The fourth-order valence-corrected chi connectivity index (χ4v) is 2.68. The Bertz CT molecular complexity index is 610. The Morgan fingerprint density at radius 2 is 1.73 bits per heavy atom. The van der Waals surface area contributed by atoms with E-state index < -0.39 is 0 Å². The number of imidazole rings is 1. The normalized spacial score (nSPS) is 15.2. The Hall–Kier alpha value is -2.02. The van der Waals surface area contributed by atoms with Crippen molar-refractivity contribution in [1.82, 2.24) is 14.9 Å². The fraction of sp³-hybridized carbons (Fsp3) is 0.400. The lowest BCUT2D eigenvalue weighted by Gasteiger charge is -2.33. The molecule has 7 heteroatoms. The van der Waals surface area contributed by atoms with Gasteiger partial charge < -0.3 is 14.5 Å². The number of fused-ring (bicyclic) bond motifs is 1. The predicted octanol–water partition coefficient (Wildman–Crippen LogP) is 2.15. The molecule has 0 atom stereocenters. The first-order valence-corrected chi connectivity index (χ1v) is 7.75. The quantitative estimate of drug-likeness (QED) is 0.879. The fourth-order valence-electron chi connectivity index (χ4n) is 2.48. The number of anilines is 1. The molecule has 0 spiro atoms. The lowest BCUT2D eigenvalue weighted by Crippen LogP contribution is -2.47. The predicted molar refractivity (Wildman–Crippen MR) is 88.0 cm³/mol. The zero-order chi connectivity index (χ0) is 15.5. The van der Waals surface area contributed by atoms with E-state index in [0.717, 1.165) is 30.2 Å². The van der Waals surface area contributed by atoms with Crippen LogP contribution in [0.2, 0.25) is 0 Å². The summed E-state index contributed by atoms with van der Waals surface area (Å²) in [5, 5.41) is -0.177. The summed E-state index contributed by atoms with van der Waals surface area (Å²) < 4.78 is 5.48. The summed E-state index contributed by atoms with van der Waals surface area (Å²) >= 11 is 3.86. The largest absolute Gasteiger partial charge is 0.494 e. The molecule has 3 aliphatic rings. The van der Waals surface area contributed by atoms with Crippen molar-refractivity contribution < 1.29 is 9.53 Å². The number of amides is 1. The topological polar surface area (TPSA) is 58.6 Å². The molecular weight excluding hydrogens is 300 g/mol. The van der Waals surface area contributed by atoms with Gasteiger partial charge in [0.1, 0.15) is 5.75 Å². The van der Waals surface area contributed by atoms with Crippen LogP contribution in [0, 0.1) is 0 Å². The molecule has 3 rings (SSSR count). The van der Waals surface area contributed by atoms with Crippen LogP contribution < -0.4 is 9.64 Å². The number of carbonyl (C=O) groups excluding carboxylic acids is 1. The maximum absolute atomic E-state index is 11.2. The van der Waals surface area contributed by atoms with Crippen LogP contribution in [-0.2, 0) is 0 Å². The molecule has 1 amide bonds. The van der Waals surface area contributed by atoms with Gasteiger partial charge in [-0.25, -0.2) is 9.97 Å². The highest BCUT2D eigenvalue weighted by molar-refractivity contribution is 7.96. The van der Waals surface area contributed by atoms with E-state index in [0.29, 0.717) is 25.6 Å². The van der Waals surface area contributed by atoms with Crippen LogP contribution in [-0.4, -0.2) is 52.9 Å². The second-order valence-electron chi connectivity index (χ2n) is 5.05. The lowest BCUT2D eigenvalue weighted by atomic mass is 10.3. The Labute approximate surface area is 134 Å². The third kappa shape index (κ3) is 3.09. The lowest BCUT2D eigenvalue weighted by molar-refractivity contribution is 0.219. The molecule has 0 aromatic rings. The molecular formula is C15H18N4O2S. The first-order valence-electron chi connectivity index (χ1n) is 7.31. The molecule has 0 bridgehead atoms. The van der Waals surface area contributed by atoms with E-state index in [1.807, 2.05) is 31.2 Å². The van der Waals surface area contributed by atoms with Gasteiger partial charge in [-0.1, -0.05) is 12.6 Å². The second kappa shape index (κ2) is 6.39. The Balaban J connectivity index is 1.77. The summed E-state index contributed by atoms with van der Waals surface area (Å²) in [6.07, 6.45) is 0. The van der Waals surface area contributed by atoms with Crippen molar-refractivity contribution in [2.75, 3.05) is 37.7 Å². The van der Waals surface area contributed by atoms with Crippen molar-refractivity contribution in [1.29, 1.82) is 0 Å². The maximum Gasteiger partial charge on any atom is 0.278 e. The highest BCUT2D eigenvalue weighted by Crippen LogP contribution is 2.25. The van der Waals surface area contributed by atoms with E-state index in [-0.39, 0.29) is 5.24 Å². The molecule has 2 aliphatic heterocycles. The minimum Gasteiger partial charge on any atom is -0.494 e. The van der Waals surface area contributed by atoms with E-state index in [1.54, 1.807) is 4.90 Å². The summed E-state index contributed by atoms with van der Waals surface area (Å²) in [5.74, 6) is 1.52. The van der Waals surface area contributed by atoms with Crippen LogP contribution in [0.1, 0.15) is 6.92 Å². The summed E-state index contributed by atoms with van der Waals surface area (Å²) in [6, 6.07) is 7.65. The Morgan fingerprint density at radius 1 is 1.14 bits per heavy atom. The minimum absolute atomic E-state index is 0.177. The maximum atomic E-state index is 11.2. The molecule has 1 aliphatic carbocycles. The SMILES string of the molecule is CCOc1ccc2nc(N3CCN(C(=O)S)CC3)nc-2cc1. The molecule has 1 saturated heterocycles.